The maximum atomic E-state index is 13.3. The van der Waals surface area contributed by atoms with Crippen LogP contribution in [-0.4, -0.2) is 38.1 Å². The van der Waals surface area contributed by atoms with Gasteiger partial charge in [-0.05, 0) is 44.9 Å². The molecule has 2 N–H and O–H groups in total. The smallest absolute Gasteiger partial charge is 0.333 e. The second-order valence-electron chi connectivity index (χ2n) is 8.12. The maximum Gasteiger partial charge on any atom is 0.333 e. The second-order valence-corrected chi connectivity index (χ2v) is 8.12. The number of rotatable bonds is 7. The fraction of sp³-hybridized carbons (Fsp3) is 0.409. The van der Waals surface area contributed by atoms with Crippen molar-refractivity contribution in [3.8, 4) is 11.5 Å². The van der Waals surface area contributed by atoms with E-state index in [4.69, 9.17) is 9.47 Å². The molecule has 0 bridgehead atoms. The van der Waals surface area contributed by atoms with Gasteiger partial charge in [0.05, 0.1) is 11.9 Å². The van der Waals surface area contributed by atoms with Gasteiger partial charge in [0.1, 0.15) is 22.9 Å². The van der Waals surface area contributed by atoms with Crippen LogP contribution in [0.2, 0.25) is 0 Å². The number of anilines is 2. The van der Waals surface area contributed by atoms with Crippen molar-refractivity contribution in [1.29, 1.82) is 0 Å². The summed E-state index contributed by atoms with van der Waals surface area (Å²) in [5.41, 5.74) is 0.621. The molecule has 0 spiro atoms. The lowest BCUT2D eigenvalue weighted by Crippen LogP contribution is -2.17. The Kier molecular flexibility index (Phi) is 6.33. The fourth-order valence-electron chi connectivity index (χ4n) is 3.48. The zero-order valence-corrected chi connectivity index (χ0v) is 17.8. The van der Waals surface area contributed by atoms with Crippen molar-refractivity contribution in [2.24, 2.45) is 0 Å². The molecule has 10 heteroatoms. The standard InChI is InChI=1S/C22H25F2N5O3/c1-22(2,30)18-11-15(3-7-25-18)27-19-12-16(4-8-26-19)32-17-13-29(21(23)24)28-20(17)14-5-9-31-10-6-14/h3-4,7-8,11-14,21,30H,5-6,9-10H2,1-2H3,(H,25,26,27). The molecule has 1 saturated heterocycles. The van der Waals surface area contributed by atoms with Crippen molar-refractivity contribution in [2.45, 2.75) is 44.8 Å². The highest BCUT2D eigenvalue weighted by Gasteiger charge is 2.25. The van der Waals surface area contributed by atoms with Crippen molar-refractivity contribution in [1.82, 2.24) is 19.7 Å². The minimum absolute atomic E-state index is 0.00439. The normalized spacial score (nSPS) is 15.2. The number of nitrogens with one attached hydrogen (secondary N) is 1. The number of hydrogen-bond acceptors (Lipinski definition) is 7. The first-order valence-corrected chi connectivity index (χ1v) is 10.3. The molecule has 0 unspecified atom stereocenters. The predicted molar refractivity (Wildman–Crippen MR) is 113 cm³/mol. The van der Waals surface area contributed by atoms with E-state index in [1.807, 2.05) is 0 Å². The first kappa shape index (κ1) is 22.1. The summed E-state index contributed by atoms with van der Waals surface area (Å²) in [4.78, 5) is 8.46. The van der Waals surface area contributed by atoms with Gasteiger partial charge < -0.3 is 19.9 Å². The molecule has 32 heavy (non-hydrogen) atoms. The van der Waals surface area contributed by atoms with Gasteiger partial charge >= 0.3 is 6.55 Å². The van der Waals surface area contributed by atoms with E-state index in [1.54, 1.807) is 50.5 Å². The molecule has 3 aromatic rings. The molecule has 4 rings (SSSR count). The Labute approximate surface area is 184 Å². The van der Waals surface area contributed by atoms with Crippen LogP contribution in [0.3, 0.4) is 0 Å². The number of hydrogen-bond donors (Lipinski definition) is 2. The second kappa shape index (κ2) is 9.17. The summed E-state index contributed by atoms with van der Waals surface area (Å²) in [5, 5.41) is 17.4. The van der Waals surface area contributed by atoms with Crippen molar-refractivity contribution in [3.05, 3.63) is 54.2 Å². The van der Waals surface area contributed by atoms with Crippen LogP contribution in [0.1, 0.15) is 50.5 Å². The molecular formula is C22H25F2N5O3. The number of aromatic nitrogens is 4. The zero-order chi connectivity index (χ0) is 22.7. The molecule has 0 radical (unpaired) electrons. The summed E-state index contributed by atoms with van der Waals surface area (Å²) < 4.78 is 38.5. The molecule has 0 saturated carbocycles. The lowest BCUT2D eigenvalue weighted by Gasteiger charge is -2.21. The van der Waals surface area contributed by atoms with E-state index in [1.165, 1.54) is 6.20 Å². The average Bonchev–Trinajstić information content (AvgIpc) is 3.18. The number of nitrogens with zero attached hydrogens (tertiary/aromatic N) is 4. The third-order valence-electron chi connectivity index (χ3n) is 5.15. The summed E-state index contributed by atoms with van der Waals surface area (Å²) in [6.45, 7) is 1.68. The van der Waals surface area contributed by atoms with E-state index in [0.717, 1.165) is 0 Å². The van der Waals surface area contributed by atoms with Gasteiger partial charge in [0.25, 0.3) is 0 Å². The minimum Gasteiger partial charge on any atom is -0.454 e. The Hall–Kier alpha value is -3.11. The topological polar surface area (TPSA) is 94.3 Å². The van der Waals surface area contributed by atoms with Crippen LogP contribution >= 0.6 is 0 Å². The molecule has 3 aromatic heterocycles. The molecule has 8 nitrogen and oxygen atoms in total. The largest absolute Gasteiger partial charge is 0.454 e. The fourth-order valence-corrected chi connectivity index (χ4v) is 3.48. The minimum atomic E-state index is -2.75. The predicted octanol–water partition coefficient (Wildman–Crippen LogP) is 4.73. The first-order chi connectivity index (χ1) is 15.3. The third kappa shape index (κ3) is 5.20. The van der Waals surface area contributed by atoms with Gasteiger partial charge in [0.15, 0.2) is 5.75 Å². The Balaban J connectivity index is 1.56. The van der Waals surface area contributed by atoms with Crippen molar-refractivity contribution in [3.63, 3.8) is 0 Å². The van der Waals surface area contributed by atoms with Crippen LogP contribution in [0.5, 0.6) is 11.5 Å². The lowest BCUT2D eigenvalue weighted by molar-refractivity contribution is 0.0546. The van der Waals surface area contributed by atoms with Gasteiger partial charge in [-0.15, -0.1) is 0 Å². The lowest BCUT2D eigenvalue weighted by atomic mass is 9.96. The molecule has 170 valence electrons. The third-order valence-corrected chi connectivity index (χ3v) is 5.15. The summed E-state index contributed by atoms with van der Waals surface area (Å²) >= 11 is 0. The summed E-state index contributed by atoms with van der Waals surface area (Å²) in [7, 11) is 0. The molecule has 0 aliphatic carbocycles. The van der Waals surface area contributed by atoms with Gasteiger partial charge in [-0.3, -0.25) is 4.98 Å². The number of alkyl halides is 2. The summed E-state index contributed by atoms with van der Waals surface area (Å²) in [6.07, 6.45) is 5.77. The Bertz CT molecular complexity index is 1060. The zero-order valence-electron chi connectivity index (χ0n) is 17.8. The number of pyridine rings is 2. The highest BCUT2D eigenvalue weighted by atomic mass is 19.3. The molecule has 0 amide bonds. The quantitative estimate of drug-likeness (QED) is 0.543. The first-order valence-electron chi connectivity index (χ1n) is 10.3. The monoisotopic (exact) mass is 445 g/mol. The van der Waals surface area contributed by atoms with Crippen molar-refractivity contribution >= 4 is 11.5 Å². The number of aliphatic hydroxyl groups is 1. The number of ether oxygens (including phenoxy) is 2. The van der Waals surface area contributed by atoms with E-state index >= 15 is 0 Å². The van der Waals surface area contributed by atoms with E-state index in [9.17, 15) is 13.9 Å². The van der Waals surface area contributed by atoms with Gasteiger partial charge in [-0.1, -0.05) is 0 Å². The summed E-state index contributed by atoms with van der Waals surface area (Å²) in [6, 6.07) is 6.79. The highest BCUT2D eigenvalue weighted by Crippen LogP contribution is 2.36. The van der Waals surface area contributed by atoms with Gasteiger partial charge in [-0.25, -0.2) is 9.67 Å². The Morgan fingerprint density at radius 2 is 1.94 bits per heavy atom. The molecule has 1 aliphatic heterocycles. The van der Waals surface area contributed by atoms with Gasteiger partial charge in [0.2, 0.25) is 0 Å². The average molecular weight is 445 g/mol. The van der Waals surface area contributed by atoms with Crippen molar-refractivity contribution in [2.75, 3.05) is 18.5 Å². The van der Waals surface area contributed by atoms with Crippen molar-refractivity contribution < 1.29 is 23.4 Å². The van der Waals surface area contributed by atoms with Crippen LogP contribution in [0.4, 0.5) is 20.3 Å². The molecule has 1 fully saturated rings. The van der Waals surface area contributed by atoms with Gasteiger partial charge in [0, 0.05) is 43.3 Å². The molecule has 0 aromatic carbocycles. The molecule has 1 aliphatic rings. The van der Waals surface area contributed by atoms with Crippen LogP contribution in [0.15, 0.2) is 42.9 Å². The van der Waals surface area contributed by atoms with E-state index < -0.39 is 12.2 Å². The highest BCUT2D eigenvalue weighted by molar-refractivity contribution is 5.57. The van der Waals surface area contributed by atoms with Crippen LogP contribution < -0.4 is 10.1 Å². The molecule has 0 atom stereocenters. The van der Waals surface area contributed by atoms with Crippen LogP contribution in [0, 0.1) is 0 Å². The Morgan fingerprint density at radius 1 is 1.19 bits per heavy atom. The van der Waals surface area contributed by atoms with E-state index in [-0.39, 0.29) is 5.92 Å². The van der Waals surface area contributed by atoms with Crippen LogP contribution in [-0.2, 0) is 10.3 Å². The molecule has 4 heterocycles. The SMILES string of the molecule is CC(C)(O)c1cc(Nc2cc(Oc3cn(C(F)F)nc3C3CCOCC3)ccn2)ccn1. The van der Waals surface area contributed by atoms with E-state index in [2.05, 4.69) is 20.4 Å². The van der Waals surface area contributed by atoms with Gasteiger partial charge in [-0.2, -0.15) is 13.9 Å². The number of halogens is 2. The van der Waals surface area contributed by atoms with Crippen LogP contribution in [0.25, 0.3) is 0 Å². The maximum absolute atomic E-state index is 13.3. The molecular weight excluding hydrogens is 420 g/mol. The summed E-state index contributed by atoms with van der Waals surface area (Å²) in [5.74, 6) is 1.21. The Morgan fingerprint density at radius 3 is 2.66 bits per heavy atom. The van der Waals surface area contributed by atoms with E-state index in [0.29, 0.717) is 65.1 Å².